The molecule has 0 heterocycles. The summed E-state index contributed by atoms with van der Waals surface area (Å²) in [5, 5.41) is 3.60. The molecule has 0 amide bonds. The minimum absolute atomic E-state index is 0.0216. The molecule has 1 aromatic carbocycles. The molecule has 2 rings (SSSR count). The van der Waals surface area contributed by atoms with Crippen LogP contribution >= 0.6 is 0 Å². The van der Waals surface area contributed by atoms with Crippen LogP contribution in [0.5, 0.6) is 5.75 Å². The Morgan fingerprint density at radius 2 is 1.83 bits per heavy atom. The molecule has 0 saturated heterocycles. The molecule has 0 aromatic heterocycles. The number of rotatable bonds is 7. The quantitative estimate of drug-likeness (QED) is 0.779. The highest BCUT2D eigenvalue weighted by Crippen LogP contribution is 2.25. The summed E-state index contributed by atoms with van der Waals surface area (Å²) in [6.07, 6.45) is 4.14. The molecule has 1 N–H and O–H groups in total. The van der Waals surface area contributed by atoms with Gasteiger partial charge in [0, 0.05) is 12.6 Å². The van der Waals surface area contributed by atoms with Gasteiger partial charge in [-0.3, -0.25) is 4.79 Å². The van der Waals surface area contributed by atoms with Crippen LogP contribution in [-0.2, 0) is 16.1 Å². The molecule has 0 atom stereocenters. The van der Waals surface area contributed by atoms with E-state index in [-0.39, 0.29) is 18.0 Å². The second-order valence-electron chi connectivity index (χ2n) is 6.49. The van der Waals surface area contributed by atoms with Crippen molar-refractivity contribution in [2.75, 3.05) is 6.61 Å². The van der Waals surface area contributed by atoms with Crippen LogP contribution < -0.4 is 10.1 Å². The minimum Gasteiger partial charge on any atom is -0.491 e. The minimum atomic E-state index is -0.0216. The lowest BCUT2D eigenvalue weighted by Crippen LogP contribution is -2.35. The number of hydrogen-bond acceptors (Lipinski definition) is 4. The fourth-order valence-electron chi connectivity index (χ4n) is 3.01. The zero-order valence-corrected chi connectivity index (χ0v) is 14.5. The van der Waals surface area contributed by atoms with E-state index in [1.807, 2.05) is 32.9 Å². The zero-order valence-electron chi connectivity index (χ0n) is 14.5. The molecule has 23 heavy (non-hydrogen) atoms. The maximum atomic E-state index is 11.7. The van der Waals surface area contributed by atoms with Gasteiger partial charge in [-0.2, -0.15) is 0 Å². The zero-order chi connectivity index (χ0) is 16.7. The van der Waals surface area contributed by atoms with Crippen molar-refractivity contribution in [1.29, 1.82) is 0 Å². The summed E-state index contributed by atoms with van der Waals surface area (Å²) >= 11 is 0. The molecule has 0 aliphatic heterocycles. The van der Waals surface area contributed by atoms with Gasteiger partial charge in [-0.15, -0.1) is 0 Å². The fourth-order valence-corrected chi connectivity index (χ4v) is 3.01. The van der Waals surface area contributed by atoms with E-state index >= 15 is 0 Å². The highest BCUT2D eigenvalue weighted by atomic mass is 16.5. The van der Waals surface area contributed by atoms with E-state index in [2.05, 4.69) is 17.4 Å². The van der Waals surface area contributed by atoms with Crippen molar-refractivity contribution in [3.63, 3.8) is 0 Å². The Morgan fingerprint density at radius 1 is 1.17 bits per heavy atom. The molecule has 0 spiro atoms. The monoisotopic (exact) mass is 319 g/mol. The summed E-state index contributed by atoms with van der Waals surface area (Å²) < 4.78 is 10.8. The molecule has 0 unspecified atom stereocenters. The van der Waals surface area contributed by atoms with E-state index in [0.717, 1.165) is 38.0 Å². The summed E-state index contributed by atoms with van der Waals surface area (Å²) in [5.74, 6) is 0.992. The van der Waals surface area contributed by atoms with Crippen LogP contribution in [0.2, 0.25) is 0 Å². The third kappa shape index (κ3) is 5.87. The largest absolute Gasteiger partial charge is 0.491 e. The maximum absolute atomic E-state index is 11.7. The van der Waals surface area contributed by atoms with Crippen molar-refractivity contribution in [2.24, 2.45) is 5.92 Å². The van der Waals surface area contributed by atoms with E-state index in [9.17, 15) is 4.79 Å². The smallest absolute Gasteiger partial charge is 0.308 e. The van der Waals surface area contributed by atoms with Crippen LogP contribution in [0.1, 0.15) is 52.0 Å². The summed E-state index contributed by atoms with van der Waals surface area (Å²) in [7, 11) is 0. The Hall–Kier alpha value is -1.55. The van der Waals surface area contributed by atoms with E-state index < -0.39 is 0 Å². The highest BCUT2D eigenvalue weighted by Gasteiger charge is 2.26. The summed E-state index contributed by atoms with van der Waals surface area (Å²) in [4.78, 5) is 11.7. The lowest BCUT2D eigenvalue weighted by Gasteiger charge is -2.28. The topological polar surface area (TPSA) is 47.6 Å². The lowest BCUT2D eigenvalue weighted by molar-refractivity contribution is -0.149. The lowest BCUT2D eigenvalue weighted by atomic mass is 9.86. The van der Waals surface area contributed by atoms with Crippen molar-refractivity contribution < 1.29 is 14.3 Å². The van der Waals surface area contributed by atoms with Gasteiger partial charge in [0.15, 0.2) is 0 Å². The first-order valence-corrected chi connectivity index (χ1v) is 8.74. The van der Waals surface area contributed by atoms with Crippen LogP contribution in [0.25, 0.3) is 0 Å². The summed E-state index contributed by atoms with van der Waals surface area (Å²) in [5.41, 5.74) is 1.26. The molecule has 128 valence electrons. The molecule has 0 radical (unpaired) electrons. The molecule has 1 fully saturated rings. The average Bonchev–Trinajstić information content (AvgIpc) is 2.54. The van der Waals surface area contributed by atoms with Gasteiger partial charge in [0.1, 0.15) is 5.75 Å². The van der Waals surface area contributed by atoms with Crippen LogP contribution in [0.3, 0.4) is 0 Å². The maximum Gasteiger partial charge on any atom is 0.308 e. The van der Waals surface area contributed by atoms with Gasteiger partial charge in [0.25, 0.3) is 0 Å². The van der Waals surface area contributed by atoms with Crippen LogP contribution in [0, 0.1) is 5.92 Å². The van der Waals surface area contributed by atoms with Gasteiger partial charge in [-0.25, -0.2) is 0 Å². The average molecular weight is 319 g/mol. The second kappa shape index (κ2) is 8.92. The third-order valence-electron chi connectivity index (χ3n) is 4.24. The molecule has 4 heteroatoms. The standard InChI is InChI=1S/C19H29NO3/c1-4-22-19(21)16-7-9-17(10-8-16)20-13-15-5-11-18(12-6-15)23-14(2)3/h5-6,11-12,14,16-17,20H,4,7-10,13H2,1-3H3. The van der Waals surface area contributed by atoms with Crippen LogP contribution in [-0.4, -0.2) is 24.7 Å². The van der Waals surface area contributed by atoms with Gasteiger partial charge in [0.05, 0.1) is 18.6 Å². The van der Waals surface area contributed by atoms with E-state index in [0.29, 0.717) is 12.6 Å². The molecular weight excluding hydrogens is 290 g/mol. The first kappa shape index (κ1) is 17.8. The van der Waals surface area contributed by atoms with Crippen LogP contribution in [0.15, 0.2) is 24.3 Å². The van der Waals surface area contributed by atoms with Crippen molar-refractivity contribution in [3.8, 4) is 5.75 Å². The Morgan fingerprint density at radius 3 is 2.39 bits per heavy atom. The van der Waals surface area contributed by atoms with Crippen molar-refractivity contribution in [1.82, 2.24) is 5.32 Å². The summed E-state index contributed by atoms with van der Waals surface area (Å²) in [6, 6.07) is 8.75. The Balaban J connectivity index is 1.72. The van der Waals surface area contributed by atoms with Crippen LogP contribution in [0.4, 0.5) is 0 Å². The molecule has 0 bridgehead atoms. The number of carbonyl (C=O) groups excluding carboxylic acids is 1. The van der Waals surface area contributed by atoms with E-state index in [1.165, 1.54) is 5.56 Å². The molecular formula is C19H29NO3. The first-order chi connectivity index (χ1) is 11.1. The number of nitrogens with one attached hydrogen (secondary N) is 1. The van der Waals surface area contributed by atoms with Crippen molar-refractivity contribution >= 4 is 5.97 Å². The van der Waals surface area contributed by atoms with Gasteiger partial charge in [0.2, 0.25) is 0 Å². The van der Waals surface area contributed by atoms with Gasteiger partial charge < -0.3 is 14.8 Å². The number of carbonyl (C=O) groups is 1. The first-order valence-electron chi connectivity index (χ1n) is 8.74. The molecule has 1 aliphatic carbocycles. The number of ether oxygens (including phenoxy) is 2. The van der Waals surface area contributed by atoms with E-state index in [1.54, 1.807) is 0 Å². The Kier molecular flexibility index (Phi) is 6.90. The molecule has 1 saturated carbocycles. The number of benzene rings is 1. The molecule has 1 aliphatic rings. The van der Waals surface area contributed by atoms with Gasteiger partial charge in [-0.1, -0.05) is 12.1 Å². The predicted molar refractivity (Wildman–Crippen MR) is 91.4 cm³/mol. The van der Waals surface area contributed by atoms with Gasteiger partial charge in [-0.05, 0) is 64.2 Å². The van der Waals surface area contributed by atoms with Crippen molar-refractivity contribution in [3.05, 3.63) is 29.8 Å². The Labute approximate surface area is 139 Å². The third-order valence-corrected chi connectivity index (χ3v) is 4.24. The number of hydrogen-bond donors (Lipinski definition) is 1. The SMILES string of the molecule is CCOC(=O)C1CCC(NCc2ccc(OC(C)C)cc2)CC1. The summed E-state index contributed by atoms with van der Waals surface area (Å²) in [6.45, 7) is 7.26. The normalized spacial score (nSPS) is 21.2. The predicted octanol–water partition coefficient (Wildman–Crippen LogP) is 3.69. The van der Waals surface area contributed by atoms with Crippen molar-refractivity contribution in [2.45, 2.75) is 65.1 Å². The highest BCUT2D eigenvalue weighted by molar-refractivity contribution is 5.72. The van der Waals surface area contributed by atoms with E-state index in [4.69, 9.17) is 9.47 Å². The molecule has 1 aromatic rings. The van der Waals surface area contributed by atoms with Gasteiger partial charge >= 0.3 is 5.97 Å². The second-order valence-corrected chi connectivity index (χ2v) is 6.49. The molecule has 4 nitrogen and oxygen atoms in total. The fraction of sp³-hybridized carbons (Fsp3) is 0.632. The Bertz CT molecular complexity index is 476. The number of esters is 1.